The molecule has 0 aliphatic rings. The second-order valence-electron chi connectivity index (χ2n) is 3.72. The van der Waals surface area contributed by atoms with E-state index < -0.39 is 5.97 Å². The molecule has 4 nitrogen and oxygen atoms in total. The fraction of sp³-hybridized carbons (Fsp3) is 0.385. The van der Waals surface area contributed by atoms with Crippen LogP contribution in [0.2, 0.25) is 0 Å². The van der Waals surface area contributed by atoms with Gasteiger partial charge in [-0.3, -0.25) is 9.59 Å². The topological polar surface area (TPSA) is 46.6 Å². The van der Waals surface area contributed by atoms with Crippen LogP contribution in [0.5, 0.6) is 0 Å². The summed E-state index contributed by atoms with van der Waals surface area (Å²) in [4.78, 5) is 24.3. The van der Waals surface area contributed by atoms with Gasteiger partial charge in [-0.15, -0.1) is 0 Å². The summed E-state index contributed by atoms with van der Waals surface area (Å²) in [6.07, 6.45) is -0.197. The van der Waals surface area contributed by atoms with Crippen molar-refractivity contribution in [2.75, 3.05) is 13.7 Å². The summed E-state index contributed by atoms with van der Waals surface area (Å²) in [6, 6.07) is 9.63. The highest BCUT2D eigenvalue weighted by atomic mass is 16.5. The minimum Gasteiger partial charge on any atom is -0.466 e. The summed E-state index contributed by atoms with van der Waals surface area (Å²) in [7, 11) is 1.68. The van der Waals surface area contributed by atoms with Gasteiger partial charge >= 0.3 is 5.97 Å². The van der Waals surface area contributed by atoms with Gasteiger partial charge in [-0.2, -0.15) is 0 Å². The van der Waals surface area contributed by atoms with Gasteiger partial charge in [-0.1, -0.05) is 30.3 Å². The molecule has 0 unspecified atom stereocenters. The summed E-state index contributed by atoms with van der Waals surface area (Å²) < 4.78 is 4.73. The summed E-state index contributed by atoms with van der Waals surface area (Å²) in [5.74, 6) is -0.704. The van der Waals surface area contributed by atoms with Crippen LogP contribution in [0.25, 0.3) is 0 Å². The fourth-order valence-electron chi connectivity index (χ4n) is 1.42. The molecule has 1 aromatic carbocycles. The Labute approximate surface area is 101 Å². The first-order valence-corrected chi connectivity index (χ1v) is 5.57. The third-order valence-corrected chi connectivity index (χ3v) is 2.29. The highest BCUT2D eigenvalue weighted by Crippen LogP contribution is 2.04. The van der Waals surface area contributed by atoms with E-state index in [0.29, 0.717) is 13.2 Å². The van der Waals surface area contributed by atoms with E-state index in [-0.39, 0.29) is 12.3 Å². The molecule has 92 valence electrons. The Kier molecular flexibility index (Phi) is 5.20. The molecule has 1 rings (SSSR count). The minimum atomic E-state index is -0.475. The number of carbonyl (C=O) groups excluding carboxylic acids is 2. The van der Waals surface area contributed by atoms with E-state index in [4.69, 9.17) is 4.74 Å². The Bertz CT molecular complexity index is 376. The van der Waals surface area contributed by atoms with Crippen LogP contribution in [0.3, 0.4) is 0 Å². The predicted octanol–water partition coefficient (Wildman–Crippen LogP) is 1.60. The molecule has 0 radical (unpaired) electrons. The van der Waals surface area contributed by atoms with Crippen molar-refractivity contribution in [1.82, 2.24) is 4.90 Å². The molecule has 17 heavy (non-hydrogen) atoms. The Morgan fingerprint density at radius 3 is 2.47 bits per heavy atom. The maximum atomic E-state index is 11.7. The van der Waals surface area contributed by atoms with E-state index in [1.54, 1.807) is 14.0 Å². The molecule has 0 saturated carbocycles. The molecule has 0 saturated heterocycles. The molecule has 0 aliphatic heterocycles. The Balaban J connectivity index is 2.45. The quantitative estimate of drug-likeness (QED) is 0.575. The lowest BCUT2D eigenvalue weighted by molar-refractivity contribution is -0.148. The lowest BCUT2D eigenvalue weighted by Gasteiger charge is -2.16. The normalized spacial score (nSPS) is 9.76. The first-order valence-electron chi connectivity index (χ1n) is 5.57. The van der Waals surface area contributed by atoms with Gasteiger partial charge in [0.15, 0.2) is 0 Å². The van der Waals surface area contributed by atoms with Crippen LogP contribution in [0, 0.1) is 0 Å². The maximum absolute atomic E-state index is 11.7. The molecule has 0 fully saturated rings. The zero-order valence-corrected chi connectivity index (χ0v) is 10.2. The van der Waals surface area contributed by atoms with E-state index in [9.17, 15) is 9.59 Å². The van der Waals surface area contributed by atoms with E-state index >= 15 is 0 Å². The van der Waals surface area contributed by atoms with Gasteiger partial charge in [0.25, 0.3) is 0 Å². The number of hydrogen-bond acceptors (Lipinski definition) is 3. The zero-order valence-electron chi connectivity index (χ0n) is 10.2. The first-order chi connectivity index (χ1) is 8.13. The maximum Gasteiger partial charge on any atom is 0.315 e. The first kappa shape index (κ1) is 13.2. The molecule has 4 heteroatoms. The van der Waals surface area contributed by atoms with Gasteiger partial charge in [0.1, 0.15) is 6.42 Å². The molecular weight excluding hydrogens is 218 g/mol. The van der Waals surface area contributed by atoms with E-state index in [1.807, 2.05) is 30.3 Å². The Hall–Kier alpha value is -1.84. The fourth-order valence-corrected chi connectivity index (χ4v) is 1.42. The monoisotopic (exact) mass is 235 g/mol. The highest BCUT2D eigenvalue weighted by Gasteiger charge is 2.14. The molecule has 0 atom stereocenters. The van der Waals surface area contributed by atoms with Crippen LogP contribution in [0.4, 0.5) is 0 Å². The summed E-state index contributed by atoms with van der Waals surface area (Å²) in [5, 5.41) is 0. The number of amides is 1. The Morgan fingerprint density at radius 2 is 1.88 bits per heavy atom. The molecule has 0 N–H and O–H groups in total. The van der Waals surface area contributed by atoms with Crippen LogP contribution < -0.4 is 0 Å². The van der Waals surface area contributed by atoms with Crippen molar-refractivity contribution in [1.29, 1.82) is 0 Å². The van der Waals surface area contributed by atoms with Gasteiger partial charge in [0.05, 0.1) is 6.61 Å². The third kappa shape index (κ3) is 4.68. The van der Waals surface area contributed by atoms with E-state index in [0.717, 1.165) is 5.56 Å². The number of carbonyl (C=O) groups is 2. The van der Waals surface area contributed by atoms with Gasteiger partial charge in [0, 0.05) is 13.6 Å². The van der Waals surface area contributed by atoms with Crippen LogP contribution >= 0.6 is 0 Å². The number of benzene rings is 1. The van der Waals surface area contributed by atoms with Crippen molar-refractivity contribution < 1.29 is 14.3 Å². The smallest absolute Gasteiger partial charge is 0.315 e. The molecule has 1 amide bonds. The zero-order chi connectivity index (χ0) is 12.7. The molecule has 0 aliphatic carbocycles. The molecule has 0 aromatic heterocycles. The van der Waals surface area contributed by atoms with Gasteiger partial charge in [-0.25, -0.2) is 0 Å². The van der Waals surface area contributed by atoms with Crippen molar-refractivity contribution in [3.8, 4) is 0 Å². The predicted molar refractivity (Wildman–Crippen MR) is 64.2 cm³/mol. The van der Waals surface area contributed by atoms with E-state index in [2.05, 4.69) is 0 Å². The molecule has 1 aromatic rings. The second-order valence-corrected chi connectivity index (χ2v) is 3.72. The molecule has 0 bridgehead atoms. The van der Waals surface area contributed by atoms with Crippen molar-refractivity contribution >= 4 is 11.9 Å². The average Bonchev–Trinajstić information content (AvgIpc) is 2.30. The summed E-state index contributed by atoms with van der Waals surface area (Å²) >= 11 is 0. The Morgan fingerprint density at radius 1 is 1.24 bits per heavy atom. The molecule has 0 spiro atoms. The summed E-state index contributed by atoms with van der Waals surface area (Å²) in [6.45, 7) is 2.52. The van der Waals surface area contributed by atoms with Crippen LogP contribution in [-0.2, 0) is 20.9 Å². The van der Waals surface area contributed by atoms with Crippen molar-refractivity contribution in [3.63, 3.8) is 0 Å². The van der Waals surface area contributed by atoms with E-state index in [1.165, 1.54) is 4.90 Å². The largest absolute Gasteiger partial charge is 0.466 e. The lowest BCUT2D eigenvalue weighted by atomic mass is 10.2. The number of nitrogens with zero attached hydrogens (tertiary/aromatic N) is 1. The van der Waals surface area contributed by atoms with Crippen LogP contribution in [-0.4, -0.2) is 30.4 Å². The molecule has 0 heterocycles. The molecular formula is C13H17NO3. The SMILES string of the molecule is CCOC(=O)CC(=O)N(C)Cc1ccccc1. The van der Waals surface area contributed by atoms with Crippen molar-refractivity contribution in [2.24, 2.45) is 0 Å². The second kappa shape index (κ2) is 6.68. The van der Waals surface area contributed by atoms with Crippen molar-refractivity contribution in [2.45, 2.75) is 19.9 Å². The minimum absolute atomic E-state index is 0.197. The standard InChI is InChI=1S/C13H17NO3/c1-3-17-13(16)9-12(15)14(2)10-11-7-5-4-6-8-11/h4-8H,3,9-10H2,1-2H3. The van der Waals surface area contributed by atoms with Crippen LogP contribution in [0.15, 0.2) is 30.3 Å². The lowest BCUT2D eigenvalue weighted by Crippen LogP contribution is -2.28. The number of rotatable bonds is 5. The van der Waals surface area contributed by atoms with Gasteiger partial charge in [-0.05, 0) is 12.5 Å². The third-order valence-electron chi connectivity index (χ3n) is 2.29. The van der Waals surface area contributed by atoms with Crippen LogP contribution in [0.1, 0.15) is 18.9 Å². The average molecular weight is 235 g/mol. The van der Waals surface area contributed by atoms with Gasteiger partial charge < -0.3 is 9.64 Å². The van der Waals surface area contributed by atoms with Crippen molar-refractivity contribution in [3.05, 3.63) is 35.9 Å². The number of hydrogen-bond donors (Lipinski definition) is 0. The number of ether oxygens (including phenoxy) is 1. The number of esters is 1. The highest BCUT2D eigenvalue weighted by molar-refractivity contribution is 5.94. The summed E-state index contributed by atoms with van der Waals surface area (Å²) in [5.41, 5.74) is 1.03. The van der Waals surface area contributed by atoms with Gasteiger partial charge in [0.2, 0.25) is 5.91 Å².